The standard InChI is InChI=1S/C17H28BNO3S/c1-11-7-8-13(20)10-14(12(2)19-23)15(9-11)18-21-16(3,4)17(5,6)22-18/h9-12,19,23H,7-8H2,1-6H3/b14-10-,15-9+/t11?,12-/m0/s1. The van der Waals surface area contributed by atoms with E-state index in [4.69, 9.17) is 9.31 Å². The largest absolute Gasteiger partial charge is 0.494 e. The Hall–Kier alpha value is -0.555. The summed E-state index contributed by atoms with van der Waals surface area (Å²) < 4.78 is 15.4. The van der Waals surface area contributed by atoms with Crippen molar-refractivity contribution in [1.82, 2.24) is 4.72 Å². The lowest BCUT2D eigenvalue weighted by Crippen LogP contribution is -2.41. The van der Waals surface area contributed by atoms with Gasteiger partial charge in [0.25, 0.3) is 0 Å². The second kappa shape index (κ2) is 6.75. The third-order valence-electron chi connectivity index (χ3n) is 5.13. The van der Waals surface area contributed by atoms with E-state index in [1.54, 1.807) is 6.08 Å². The van der Waals surface area contributed by atoms with Gasteiger partial charge in [-0.3, -0.25) is 9.52 Å². The van der Waals surface area contributed by atoms with Gasteiger partial charge in [-0.05, 0) is 64.1 Å². The van der Waals surface area contributed by atoms with Crippen molar-refractivity contribution in [1.29, 1.82) is 0 Å². The topological polar surface area (TPSA) is 47.6 Å². The Morgan fingerprint density at radius 1 is 1.30 bits per heavy atom. The van der Waals surface area contributed by atoms with Crippen LogP contribution in [-0.4, -0.2) is 30.1 Å². The van der Waals surface area contributed by atoms with Crippen molar-refractivity contribution < 1.29 is 14.1 Å². The Morgan fingerprint density at radius 3 is 2.39 bits per heavy atom. The lowest BCUT2D eigenvalue weighted by Gasteiger charge is -2.32. The van der Waals surface area contributed by atoms with E-state index in [2.05, 4.69) is 30.5 Å². The molecule has 0 aromatic carbocycles. The Kier molecular flexibility index (Phi) is 5.51. The summed E-state index contributed by atoms with van der Waals surface area (Å²) in [4.78, 5) is 12.2. The zero-order valence-corrected chi connectivity index (χ0v) is 15.9. The summed E-state index contributed by atoms with van der Waals surface area (Å²) in [5, 5.41) is 0. The molecule has 0 spiro atoms. The molecule has 2 aliphatic rings. The van der Waals surface area contributed by atoms with Gasteiger partial charge in [-0.25, -0.2) is 0 Å². The van der Waals surface area contributed by atoms with Crippen molar-refractivity contribution in [2.45, 2.75) is 71.6 Å². The number of hydrogen-bond acceptors (Lipinski definition) is 5. The first-order valence-corrected chi connectivity index (χ1v) is 8.74. The predicted octanol–water partition coefficient (Wildman–Crippen LogP) is 3.29. The molecule has 1 N–H and O–H groups in total. The van der Waals surface area contributed by atoms with E-state index in [1.807, 2.05) is 34.6 Å². The third kappa shape index (κ3) is 3.93. The number of ketones is 1. The summed E-state index contributed by atoms with van der Waals surface area (Å²) in [6.07, 6.45) is 5.31. The molecule has 1 fully saturated rings. The van der Waals surface area contributed by atoms with Crippen LogP contribution in [0.1, 0.15) is 54.4 Å². The minimum atomic E-state index is -0.469. The van der Waals surface area contributed by atoms with Crippen molar-refractivity contribution in [3.63, 3.8) is 0 Å². The van der Waals surface area contributed by atoms with Crippen LogP contribution in [0.25, 0.3) is 0 Å². The average Bonchev–Trinajstić information content (AvgIpc) is 2.66. The van der Waals surface area contributed by atoms with Crippen LogP contribution >= 0.6 is 12.8 Å². The van der Waals surface area contributed by atoms with Crippen molar-refractivity contribution in [2.24, 2.45) is 5.92 Å². The monoisotopic (exact) mass is 337 g/mol. The van der Waals surface area contributed by atoms with Gasteiger partial charge in [0.05, 0.1) is 11.2 Å². The summed E-state index contributed by atoms with van der Waals surface area (Å²) in [7, 11) is -0.469. The molecule has 0 aromatic heterocycles. The maximum absolute atomic E-state index is 12.2. The van der Waals surface area contributed by atoms with Crippen LogP contribution in [-0.2, 0) is 14.1 Å². The molecular formula is C17H28BNO3S. The zero-order chi connectivity index (χ0) is 17.4. The molecule has 0 radical (unpaired) electrons. The summed E-state index contributed by atoms with van der Waals surface area (Å²) in [6, 6.07) is -0.0714. The molecule has 128 valence electrons. The molecule has 2 atom stereocenters. The second-order valence-corrected chi connectivity index (χ2v) is 7.90. The number of thiol groups is 1. The number of carbonyl (C=O) groups excluding carboxylic acids is 1. The second-order valence-electron chi connectivity index (χ2n) is 7.64. The van der Waals surface area contributed by atoms with Crippen molar-refractivity contribution in [3.8, 4) is 0 Å². The average molecular weight is 337 g/mol. The van der Waals surface area contributed by atoms with Crippen LogP contribution in [0, 0.1) is 5.92 Å². The summed E-state index contributed by atoms with van der Waals surface area (Å²) in [6.45, 7) is 12.3. The first-order chi connectivity index (χ1) is 10.6. The molecule has 0 amide bonds. The highest BCUT2D eigenvalue weighted by atomic mass is 32.1. The summed E-state index contributed by atoms with van der Waals surface area (Å²) >= 11 is 4.18. The van der Waals surface area contributed by atoms with Crippen LogP contribution in [0.4, 0.5) is 0 Å². The minimum absolute atomic E-state index is 0.0714. The van der Waals surface area contributed by atoms with Crippen LogP contribution in [0.2, 0.25) is 0 Å². The molecule has 0 saturated carbocycles. The molecule has 23 heavy (non-hydrogen) atoms. The maximum Gasteiger partial charge on any atom is 0.494 e. The van der Waals surface area contributed by atoms with Gasteiger partial charge in [-0.2, -0.15) is 0 Å². The number of hydrogen-bond donors (Lipinski definition) is 2. The van der Waals surface area contributed by atoms with Gasteiger partial charge in [0.15, 0.2) is 5.78 Å². The van der Waals surface area contributed by atoms with E-state index in [9.17, 15) is 4.79 Å². The molecule has 1 aliphatic carbocycles. The molecule has 1 aliphatic heterocycles. The SMILES string of the molecule is CC1/C=C(B2OC(C)(C)C(C)(C)O2)\C([C@H](C)NS)=C/C(=O)CC1. The third-order valence-corrected chi connectivity index (χ3v) is 5.51. The fourth-order valence-electron chi connectivity index (χ4n) is 2.81. The summed E-state index contributed by atoms with van der Waals surface area (Å²) in [5.41, 5.74) is 1.03. The quantitative estimate of drug-likeness (QED) is 0.613. The van der Waals surface area contributed by atoms with E-state index in [0.29, 0.717) is 12.3 Å². The van der Waals surface area contributed by atoms with Crippen molar-refractivity contribution >= 4 is 25.7 Å². The number of rotatable bonds is 3. The van der Waals surface area contributed by atoms with E-state index in [0.717, 1.165) is 17.5 Å². The first-order valence-electron chi connectivity index (χ1n) is 8.29. The van der Waals surface area contributed by atoms with Crippen LogP contribution in [0.15, 0.2) is 23.2 Å². The van der Waals surface area contributed by atoms with Gasteiger partial charge in [0.1, 0.15) is 0 Å². The van der Waals surface area contributed by atoms with Crippen molar-refractivity contribution in [2.75, 3.05) is 0 Å². The number of nitrogens with one attached hydrogen (secondary N) is 1. The highest BCUT2D eigenvalue weighted by molar-refractivity contribution is 7.78. The fraction of sp³-hybridized carbons (Fsp3) is 0.706. The maximum atomic E-state index is 12.2. The van der Waals surface area contributed by atoms with Crippen molar-refractivity contribution in [3.05, 3.63) is 23.2 Å². The Labute approximate surface area is 145 Å². The molecule has 0 aromatic rings. The molecule has 1 heterocycles. The van der Waals surface area contributed by atoms with Gasteiger partial charge in [-0.15, -0.1) is 0 Å². The molecule has 0 bridgehead atoms. The first kappa shape index (κ1) is 18.8. The lowest BCUT2D eigenvalue weighted by molar-refractivity contribution is -0.114. The molecule has 1 unspecified atom stereocenters. The lowest BCUT2D eigenvalue weighted by atomic mass is 9.69. The number of allylic oxidation sites excluding steroid dienone is 2. The number of carbonyl (C=O) groups is 1. The Bertz CT molecular complexity index is 526. The highest BCUT2D eigenvalue weighted by Gasteiger charge is 2.53. The summed E-state index contributed by atoms with van der Waals surface area (Å²) in [5.74, 6) is 0.438. The van der Waals surface area contributed by atoms with E-state index in [-0.39, 0.29) is 11.8 Å². The molecule has 2 rings (SSSR count). The molecule has 1 saturated heterocycles. The van der Waals surface area contributed by atoms with E-state index >= 15 is 0 Å². The van der Waals surface area contributed by atoms with Gasteiger partial charge >= 0.3 is 7.12 Å². The molecule has 4 nitrogen and oxygen atoms in total. The van der Waals surface area contributed by atoms with E-state index in [1.165, 1.54) is 0 Å². The van der Waals surface area contributed by atoms with Crippen LogP contribution in [0.5, 0.6) is 0 Å². The van der Waals surface area contributed by atoms with Gasteiger partial charge < -0.3 is 9.31 Å². The minimum Gasteiger partial charge on any atom is -0.399 e. The molecule has 6 heteroatoms. The zero-order valence-electron chi connectivity index (χ0n) is 15.0. The normalized spacial score (nSPS) is 33.3. The van der Waals surface area contributed by atoms with Crippen LogP contribution in [0.3, 0.4) is 0 Å². The smallest absolute Gasteiger partial charge is 0.399 e. The van der Waals surface area contributed by atoms with Crippen LogP contribution < -0.4 is 4.72 Å². The van der Waals surface area contributed by atoms with Gasteiger partial charge in [0, 0.05) is 12.5 Å². The Morgan fingerprint density at radius 2 is 1.87 bits per heavy atom. The van der Waals surface area contributed by atoms with Gasteiger partial charge in [-0.1, -0.05) is 25.8 Å². The predicted molar refractivity (Wildman–Crippen MR) is 97.2 cm³/mol. The highest BCUT2D eigenvalue weighted by Crippen LogP contribution is 2.40. The fourth-order valence-corrected chi connectivity index (χ4v) is 2.95. The van der Waals surface area contributed by atoms with E-state index < -0.39 is 18.3 Å². The van der Waals surface area contributed by atoms with Gasteiger partial charge in [0.2, 0.25) is 0 Å². The Balaban J connectivity index is 2.44. The molecular weight excluding hydrogens is 309 g/mol.